The molecule has 0 radical (unpaired) electrons. The minimum Gasteiger partial charge on any atom is -0.459 e. The van der Waals surface area contributed by atoms with Crippen LogP contribution in [0.5, 0.6) is 0 Å². The van der Waals surface area contributed by atoms with Gasteiger partial charge in [-0.1, -0.05) is 18.5 Å². The molecule has 0 aliphatic carbocycles. The first-order valence-electron chi connectivity index (χ1n) is 6.92. The van der Waals surface area contributed by atoms with E-state index >= 15 is 0 Å². The number of halogens is 1. The third kappa shape index (κ3) is 2.99. The van der Waals surface area contributed by atoms with Crippen LogP contribution in [0, 0.1) is 0 Å². The Bertz CT molecular complexity index is 578. The zero-order valence-corrected chi connectivity index (χ0v) is 12.2. The number of ether oxygens (including phenoxy) is 2. The Morgan fingerprint density at radius 1 is 1.30 bits per heavy atom. The van der Waals surface area contributed by atoms with E-state index in [9.17, 15) is 0 Å². The van der Waals surface area contributed by atoms with Gasteiger partial charge >= 0.3 is 0 Å². The van der Waals surface area contributed by atoms with Crippen LogP contribution >= 0.6 is 11.6 Å². The maximum absolute atomic E-state index is 6.01. The average Bonchev–Trinajstić information content (AvgIpc) is 3.06. The van der Waals surface area contributed by atoms with E-state index < -0.39 is 0 Å². The van der Waals surface area contributed by atoms with Gasteiger partial charge in [-0.05, 0) is 30.8 Å². The third-order valence-electron chi connectivity index (χ3n) is 3.41. The number of rotatable bonds is 5. The highest BCUT2D eigenvalue weighted by atomic mass is 35.5. The van der Waals surface area contributed by atoms with E-state index in [-0.39, 0.29) is 12.3 Å². The molecule has 1 saturated heterocycles. The minimum atomic E-state index is -0.157. The molecule has 0 saturated carbocycles. The zero-order valence-electron chi connectivity index (χ0n) is 11.4. The maximum Gasteiger partial charge on any atom is 0.159 e. The average molecular weight is 296 g/mol. The Labute approximate surface area is 123 Å². The van der Waals surface area contributed by atoms with Crippen LogP contribution in [0.4, 0.5) is 0 Å². The molecular formula is C15H18ClNO3. The summed E-state index contributed by atoms with van der Waals surface area (Å²) in [7, 11) is 0. The van der Waals surface area contributed by atoms with Crippen molar-refractivity contribution in [2.24, 2.45) is 0 Å². The van der Waals surface area contributed by atoms with Gasteiger partial charge in [0.2, 0.25) is 0 Å². The summed E-state index contributed by atoms with van der Waals surface area (Å²) < 4.78 is 17.0. The number of benzene rings is 1. The normalized spacial score (nSPS) is 17.9. The van der Waals surface area contributed by atoms with Crippen LogP contribution in [-0.2, 0) is 9.47 Å². The molecule has 4 nitrogen and oxygen atoms in total. The summed E-state index contributed by atoms with van der Waals surface area (Å²) in [5.41, 5.74) is 0.848. The topological polar surface area (TPSA) is 43.6 Å². The summed E-state index contributed by atoms with van der Waals surface area (Å²) in [6, 6.07) is 7.75. The molecule has 2 heterocycles. The first-order valence-corrected chi connectivity index (χ1v) is 7.29. The smallest absolute Gasteiger partial charge is 0.159 e. The summed E-state index contributed by atoms with van der Waals surface area (Å²) in [4.78, 5) is 0. The molecule has 1 fully saturated rings. The Morgan fingerprint density at radius 3 is 2.85 bits per heavy atom. The molecule has 2 aromatic rings. The lowest BCUT2D eigenvalue weighted by Gasteiger charge is -2.18. The van der Waals surface area contributed by atoms with Gasteiger partial charge in [0.25, 0.3) is 0 Å². The molecule has 0 spiro atoms. The van der Waals surface area contributed by atoms with Crippen molar-refractivity contribution >= 4 is 22.6 Å². The quantitative estimate of drug-likeness (QED) is 0.917. The van der Waals surface area contributed by atoms with Gasteiger partial charge in [0.15, 0.2) is 6.29 Å². The Morgan fingerprint density at radius 2 is 2.10 bits per heavy atom. The Kier molecular flexibility index (Phi) is 4.27. The molecule has 1 aliphatic heterocycles. The van der Waals surface area contributed by atoms with Crippen LogP contribution in [0.1, 0.15) is 25.1 Å². The van der Waals surface area contributed by atoms with Crippen molar-refractivity contribution in [1.29, 1.82) is 0 Å². The van der Waals surface area contributed by atoms with E-state index in [1.807, 2.05) is 24.3 Å². The number of hydrogen-bond donors (Lipinski definition) is 1. The monoisotopic (exact) mass is 295 g/mol. The first kappa shape index (κ1) is 13.9. The number of furan rings is 1. The van der Waals surface area contributed by atoms with Crippen molar-refractivity contribution in [3.8, 4) is 0 Å². The minimum absolute atomic E-state index is 0.0780. The lowest BCUT2D eigenvalue weighted by Crippen LogP contribution is -2.25. The van der Waals surface area contributed by atoms with Crippen LogP contribution in [-0.4, -0.2) is 26.0 Å². The highest BCUT2D eigenvalue weighted by molar-refractivity contribution is 6.31. The maximum atomic E-state index is 6.01. The standard InChI is InChI=1S/C15H18ClNO3/c1-2-17-12(9-15-18-5-6-19-15)14-8-10-7-11(16)3-4-13(10)20-14/h3-4,7-8,12,15,17H,2,5-6,9H2,1H3. The van der Waals surface area contributed by atoms with E-state index in [0.717, 1.165) is 29.7 Å². The van der Waals surface area contributed by atoms with E-state index in [1.54, 1.807) is 0 Å². The van der Waals surface area contributed by atoms with E-state index in [0.29, 0.717) is 18.2 Å². The molecule has 1 unspecified atom stereocenters. The SMILES string of the molecule is CCNC(CC1OCCO1)c1cc2cc(Cl)ccc2o1. The van der Waals surface area contributed by atoms with Crippen molar-refractivity contribution in [2.75, 3.05) is 19.8 Å². The lowest BCUT2D eigenvalue weighted by molar-refractivity contribution is -0.0540. The van der Waals surface area contributed by atoms with Gasteiger partial charge in [0, 0.05) is 16.8 Å². The molecule has 5 heteroatoms. The highest BCUT2D eigenvalue weighted by Crippen LogP contribution is 2.29. The van der Waals surface area contributed by atoms with Crippen LogP contribution < -0.4 is 5.32 Å². The molecule has 0 amide bonds. The van der Waals surface area contributed by atoms with Crippen LogP contribution in [0.25, 0.3) is 11.0 Å². The van der Waals surface area contributed by atoms with E-state index in [4.69, 9.17) is 25.5 Å². The molecule has 1 aliphatic rings. The summed E-state index contributed by atoms with van der Waals surface area (Å²) in [6.07, 6.45) is 0.581. The molecular weight excluding hydrogens is 278 g/mol. The molecule has 1 atom stereocenters. The predicted molar refractivity (Wildman–Crippen MR) is 78.0 cm³/mol. The summed E-state index contributed by atoms with van der Waals surface area (Å²) >= 11 is 6.01. The molecule has 0 bridgehead atoms. The van der Waals surface area contributed by atoms with Crippen molar-refractivity contribution in [3.63, 3.8) is 0 Å². The van der Waals surface area contributed by atoms with Gasteiger partial charge < -0.3 is 19.2 Å². The lowest BCUT2D eigenvalue weighted by atomic mass is 10.1. The molecule has 1 aromatic heterocycles. The zero-order chi connectivity index (χ0) is 13.9. The van der Waals surface area contributed by atoms with Crippen molar-refractivity contribution in [1.82, 2.24) is 5.32 Å². The van der Waals surface area contributed by atoms with Gasteiger partial charge in [-0.15, -0.1) is 0 Å². The van der Waals surface area contributed by atoms with Crippen molar-refractivity contribution in [3.05, 3.63) is 35.0 Å². The van der Waals surface area contributed by atoms with Crippen LogP contribution in [0.15, 0.2) is 28.7 Å². The molecule has 1 aromatic carbocycles. The second kappa shape index (κ2) is 6.14. The van der Waals surface area contributed by atoms with Crippen LogP contribution in [0.3, 0.4) is 0 Å². The summed E-state index contributed by atoms with van der Waals surface area (Å²) in [6.45, 7) is 4.26. The second-order valence-electron chi connectivity index (χ2n) is 4.85. The predicted octanol–water partition coefficient (Wildman–Crippen LogP) is 3.50. The van der Waals surface area contributed by atoms with Crippen LogP contribution in [0.2, 0.25) is 5.02 Å². The van der Waals surface area contributed by atoms with Crippen molar-refractivity contribution < 1.29 is 13.9 Å². The molecule has 3 rings (SSSR count). The number of fused-ring (bicyclic) bond motifs is 1. The number of nitrogens with one attached hydrogen (secondary N) is 1. The number of hydrogen-bond acceptors (Lipinski definition) is 4. The third-order valence-corrected chi connectivity index (χ3v) is 3.65. The van der Waals surface area contributed by atoms with E-state index in [2.05, 4.69) is 12.2 Å². The summed E-state index contributed by atoms with van der Waals surface area (Å²) in [5.74, 6) is 0.892. The van der Waals surface area contributed by atoms with Gasteiger partial charge in [-0.3, -0.25) is 0 Å². The first-order chi connectivity index (χ1) is 9.76. The Balaban J connectivity index is 1.83. The van der Waals surface area contributed by atoms with Crippen molar-refractivity contribution in [2.45, 2.75) is 25.7 Å². The van der Waals surface area contributed by atoms with Gasteiger partial charge in [-0.2, -0.15) is 0 Å². The fourth-order valence-electron chi connectivity index (χ4n) is 2.49. The Hall–Kier alpha value is -1.07. The molecule has 1 N–H and O–H groups in total. The second-order valence-corrected chi connectivity index (χ2v) is 5.28. The van der Waals surface area contributed by atoms with Gasteiger partial charge in [-0.25, -0.2) is 0 Å². The fraction of sp³-hybridized carbons (Fsp3) is 0.467. The summed E-state index contributed by atoms with van der Waals surface area (Å²) in [5, 5.41) is 5.15. The van der Waals surface area contributed by atoms with E-state index in [1.165, 1.54) is 0 Å². The highest BCUT2D eigenvalue weighted by Gasteiger charge is 2.24. The largest absolute Gasteiger partial charge is 0.459 e. The fourth-order valence-corrected chi connectivity index (χ4v) is 2.67. The molecule has 20 heavy (non-hydrogen) atoms. The van der Waals surface area contributed by atoms with Gasteiger partial charge in [0.1, 0.15) is 11.3 Å². The van der Waals surface area contributed by atoms with Gasteiger partial charge in [0.05, 0.1) is 19.3 Å². The molecule has 108 valence electrons.